The molecule has 0 saturated heterocycles. The van der Waals surface area contributed by atoms with E-state index in [-0.39, 0.29) is 11.5 Å². The molecule has 3 rings (SSSR count). The molecule has 1 aliphatic rings. The molecule has 4 nitrogen and oxygen atoms in total. The molecular formula is C19H20ClFN2O2. The minimum absolute atomic E-state index is 0.187. The fraction of sp³-hybridized carbons (Fsp3) is 0.316. The molecule has 6 heteroatoms. The molecule has 0 fully saturated rings. The highest BCUT2D eigenvalue weighted by Crippen LogP contribution is 2.27. The number of benzene rings is 2. The zero-order valence-electron chi connectivity index (χ0n) is 13.9. The number of nitrogens with one attached hydrogen (secondary N) is 2. The van der Waals surface area contributed by atoms with Crippen molar-refractivity contribution in [1.82, 2.24) is 5.32 Å². The first kappa shape index (κ1) is 17.7. The lowest BCUT2D eigenvalue weighted by Crippen LogP contribution is -2.33. The highest BCUT2D eigenvalue weighted by Gasteiger charge is 2.23. The van der Waals surface area contributed by atoms with Crippen LogP contribution in [0, 0.1) is 5.82 Å². The number of ether oxygens (including phenoxy) is 1. The van der Waals surface area contributed by atoms with Crippen molar-refractivity contribution in [3.05, 3.63) is 58.4 Å². The average Bonchev–Trinajstić information content (AvgIpc) is 2.63. The van der Waals surface area contributed by atoms with Gasteiger partial charge in [0.25, 0.3) is 5.91 Å². The number of rotatable bonds is 5. The Balaban J connectivity index is 1.75. The second-order valence-corrected chi connectivity index (χ2v) is 6.33. The maximum Gasteiger partial charge on any atom is 0.265 e. The van der Waals surface area contributed by atoms with E-state index in [1.54, 1.807) is 30.3 Å². The van der Waals surface area contributed by atoms with E-state index >= 15 is 0 Å². The van der Waals surface area contributed by atoms with Crippen LogP contribution in [0.25, 0.3) is 0 Å². The Morgan fingerprint density at radius 3 is 2.92 bits per heavy atom. The first-order valence-corrected chi connectivity index (χ1v) is 8.71. The molecule has 25 heavy (non-hydrogen) atoms. The Morgan fingerprint density at radius 1 is 1.36 bits per heavy atom. The SMILES string of the molecule is CCC(Oc1ccccc1Cl)C(=O)Nc1ccc2c(c1F)CCNC2. The molecular weight excluding hydrogens is 343 g/mol. The number of carbonyl (C=O) groups excluding carboxylic acids is 1. The quantitative estimate of drug-likeness (QED) is 0.847. The van der Waals surface area contributed by atoms with Crippen molar-refractivity contribution in [2.45, 2.75) is 32.4 Å². The summed E-state index contributed by atoms with van der Waals surface area (Å²) in [6.07, 6.45) is 0.295. The molecule has 1 atom stereocenters. The van der Waals surface area contributed by atoms with Crippen molar-refractivity contribution in [2.24, 2.45) is 0 Å². The van der Waals surface area contributed by atoms with Gasteiger partial charge < -0.3 is 15.4 Å². The lowest BCUT2D eigenvalue weighted by atomic mass is 9.99. The third-order valence-corrected chi connectivity index (χ3v) is 4.55. The fourth-order valence-corrected chi connectivity index (χ4v) is 3.04. The van der Waals surface area contributed by atoms with Crippen LogP contribution in [0.1, 0.15) is 24.5 Å². The summed E-state index contributed by atoms with van der Waals surface area (Å²) in [6, 6.07) is 10.4. The molecule has 0 saturated carbocycles. The van der Waals surface area contributed by atoms with Gasteiger partial charge >= 0.3 is 0 Å². The maximum atomic E-state index is 14.7. The van der Waals surface area contributed by atoms with Gasteiger partial charge in [0.2, 0.25) is 0 Å². The zero-order valence-corrected chi connectivity index (χ0v) is 14.7. The van der Waals surface area contributed by atoms with Gasteiger partial charge in [-0.25, -0.2) is 4.39 Å². The summed E-state index contributed by atoms with van der Waals surface area (Å²) < 4.78 is 20.4. The van der Waals surface area contributed by atoms with E-state index in [9.17, 15) is 9.18 Å². The molecule has 0 spiro atoms. The molecule has 1 unspecified atom stereocenters. The van der Waals surface area contributed by atoms with Gasteiger partial charge in [-0.2, -0.15) is 0 Å². The Labute approximate surface area is 151 Å². The van der Waals surface area contributed by atoms with Crippen LogP contribution in [0.5, 0.6) is 5.75 Å². The minimum atomic E-state index is -0.753. The third-order valence-electron chi connectivity index (χ3n) is 4.23. The minimum Gasteiger partial charge on any atom is -0.479 e. The van der Waals surface area contributed by atoms with Crippen LogP contribution in [0.4, 0.5) is 10.1 Å². The summed E-state index contributed by atoms with van der Waals surface area (Å²) in [5, 5.41) is 6.28. The molecule has 2 N–H and O–H groups in total. The van der Waals surface area contributed by atoms with E-state index in [1.165, 1.54) is 0 Å². The molecule has 1 heterocycles. The average molecular weight is 363 g/mol. The topological polar surface area (TPSA) is 50.4 Å². The van der Waals surface area contributed by atoms with Crippen LogP contribution < -0.4 is 15.4 Å². The summed E-state index contributed by atoms with van der Waals surface area (Å²) in [6.45, 7) is 3.21. The first-order valence-electron chi connectivity index (χ1n) is 8.33. The molecule has 0 radical (unpaired) electrons. The molecule has 1 aliphatic heterocycles. The van der Waals surface area contributed by atoms with Crippen LogP contribution in [-0.4, -0.2) is 18.6 Å². The Hall–Kier alpha value is -2.11. The van der Waals surface area contributed by atoms with Gasteiger partial charge in [-0.15, -0.1) is 0 Å². The number of para-hydroxylation sites is 1. The lowest BCUT2D eigenvalue weighted by molar-refractivity contribution is -0.122. The van der Waals surface area contributed by atoms with E-state index in [0.29, 0.717) is 35.7 Å². The van der Waals surface area contributed by atoms with Gasteiger partial charge in [0, 0.05) is 6.54 Å². The maximum absolute atomic E-state index is 14.7. The van der Waals surface area contributed by atoms with Crippen LogP contribution in [0.3, 0.4) is 0 Å². The highest BCUT2D eigenvalue weighted by atomic mass is 35.5. The van der Waals surface area contributed by atoms with Gasteiger partial charge in [-0.05, 0) is 48.7 Å². The summed E-state index contributed by atoms with van der Waals surface area (Å²) in [5.41, 5.74) is 1.78. The van der Waals surface area contributed by atoms with Crippen molar-refractivity contribution in [1.29, 1.82) is 0 Å². The standard InChI is InChI=1S/C19H20ClFN2O2/c1-2-16(25-17-6-4-3-5-14(17)20)19(24)23-15-8-7-12-11-22-10-9-13(12)18(15)21/h3-8,16,22H,2,9-11H2,1H3,(H,23,24). The van der Waals surface area contributed by atoms with Crippen LogP contribution >= 0.6 is 11.6 Å². The molecule has 0 aromatic heterocycles. The largest absolute Gasteiger partial charge is 0.479 e. The molecule has 1 amide bonds. The predicted molar refractivity (Wildman–Crippen MR) is 96.6 cm³/mol. The number of halogens is 2. The van der Waals surface area contributed by atoms with Crippen LogP contribution in [0.15, 0.2) is 36.4 Å². The van der Waals surface area contributed by atoms with Gasteiger partial charge in [0.1, 0.15) is 11.6 Å². The number of hydrogen-bond acceptors (Lipinski definition) is 3. The summed E-state index contributed by atoms with van der Waals surface area (Å²) >= 11 is 6.07. The fourth-order valence-electron chi connectivity index (χ4n) is 2.86. The summed E-state index contributed by atoms with van der Waals surface area (Å²) in [7, 11) is 0. The van der Waals surface area contributed by atoms with E-state index in [0.717, 1.165) is 12.1 Å². The Kier molecular flexibility index (Phi) is 5.56. The van der Waals surface area contributed by atoms with Crippen molar-refractivity contribution < 1.29 is 13.9 Å². The number of amides is 1. The third kappa shape index (κ3) is 3.94. The predicted octanol–water partition coefficient (Wildman–Crippen LogP) is 3.92. The molecule has 0 bridgehead atoms. The van der Waals surface area contributed by atoms with Crippen LogP contribution in [-0.2, 0) is 17.8 Å². The zero-order chi connectivity index (χ0) is 17.8. The monoisotopic (exact) mass is 362 g/mol. The molecule has 0 aliphatic carbocycles. The van der Waals surface area contributed by atoms with Gasteiger partial charge in [-0.1, -0.05) is 36.7 Å². The van der Waals surface area contributed by atoms with Crippen molar-refractivity contribution in [3.8, 4) is 5.75 Å². The van der Waals surface area contributed by atoms with E-state index in [4.69, 9.17) is 16.3 Å². The number of fused-ring (bicyclic) bond motifs is 1. The van der Waals surface area contributed by atoms with E-state index < -0.39 is 12.0 Å². The molecule has 2 aromatic rings. The summed E-state index contributed by atoms with van der Waals surface area (Å²) in [4.78, 5) is 12.5. The second kappa shape index (κ2) is 7.85. The number of carbonyl (C=O) groups is 1. The number of anilines is 1. The van der Waals surface area contributed by atoms with Gasteiger partial charge in [-0.3, -0.25) is 4.79 Å². The second-order valence-electron chi connectivity index (χ2n) is 5.93. The van der Waals surface area contributed by atoms with E-state index in [2.05, 4.69) is 10.6 Å². The molecule has 2 aromatic carbocycles. The highest BCUT2D eigenvalue weighted by molar-refractivity contribution is 6.32. The van der Waals surface area contributed by atoms with Crippen molar-refractivity contribution in [2.75, 3.05) is 11.9 Å². The molecule has 132 valence electrons. The summed E-state index contributed by atoms with van der Waals surface area (Å²) in [5.74, 6) is -0.321. The Bertz CT molecular complexity index is 782. The van der Waals surface area contributed by atoms with Crippen molar-refractivity contribution >= 4 is 23.2 Å². The lowest BCUT2D eigenvalue weighted by Gasteiger charge is -2.21. The van der Waals surface area contributed by atoms with E-state index in [1.807, 2.05) is 13.0 Å². The van der Waals surface area contributed by atoms with Crippen molar-refractivity contribution in [3.63, 3.8) is 0 Å². The first-order chi connectivity index (χ1) is 12.1. The normalized spacial score (nSPS) is 14.5. The smallest absolute Gasteiger partial charge is 0.265 e. The van der Waals surface area contributed by atoms with Gasteiger partial charge in [0.15, 0.2) is 6.10 Å². The van der Waals surface area contributed by atoms with Crippen LogP contribution in [0.2, 0.25) is 5.02 Å². The Morgan fingerprint density at radius 2 is 2.16 bits per heavy atom. The number of hydrogen-bond donors (Lipinski definition) is 2. The van der Waals surface area contributed by atoms with Gasteiger partial charge in [0.05, 0.1) is 10.7 Å².